The Balaban J connectivity index is 1.87. The molecule has 1 heterocycles. The number of amides is 1. The van der Waals surface area contributed by atoms with E-state index in [0.717, 1.165) is 4.88 Å². The molecule has 1 aliphatic carbocycles. The number of carbonyl (C=O) groups excluding carboxylic acids is 1. The van der Waals surface area contributed by atoms with Gasteiger partial charge in [0.05, 0.1) is 17.9 Å². The smallest absolute Gasteiger partial charge is 0.307 e. The minimum atomic E-state index is -0.871. The van der Waals surface area contributed by atoms with Crippen LogP contribution in [0.1, 0.15) is 24.3 Å². The molecule has 1 amide bonds. The molecule has 5 heteroatoms. The standard InChI is InChI=1S/C11H13NO3S/c1-6(9-3-2-4-16-9)12-10(13)7-5-8(7)11(14)15/h2-4,6-8H,5H2,1H3,(H,12,13)(H,14,15)/t6-,7?,8?/m0/s1. The van der Waals surface area contributed by atoms with Gasteiger partial charge in [0.15, 0.2) is 0 Å². The Hall–Kier alpha value is -1.36. The van der Waals surface area contributed by atoms with Gasteiger partial charge in [0, 0.05) is 4.88 Å². The number of hydrogen-bond donors (Lipinski definition) is 2. The Morgan fingerprint density at radius 3 is 2.81 bits per heavy atom. The van der Waals surface area contributed by atoms with Gasteiger partial charge >= 0.3 is 5.97 Å². The van der Waals surface area contributed by atoms with Crippen molar-refractivity contribution in [3.8, 4) is 0 Å². The molecule has 16 heavy (non-hydrogen) atoms. The lowest BCUT2D eigenvalue weighted by molar-refractivity contribution is -0.140. The lowest BCUT2D eigenvalue weighted by Gasteiger charge is -2.11. The van der Waals surface area contributed by atoms with Crippen molar-refractivity contribution >= 4 is 23.2 Å². The van der Waals surface area contributed by atoms with E-state index in [9.17, 15) is 9.59 Å². The van der Waals surface area contributed by atoms with Crippen molar-refractivity contribution in [2.75, 3.05) is 0 Å². The van der Waals surface area contributed by atoms with Crippen molar-refractivity contribution in [1.82, 2.24) is 5.32 Å². The molecular formula is C11H13NO3S. The molecule has 1 aliphatic rings. The zero-order valence-corrected chi connectivity index (χ0v) is 9.66. The van der Waals surface area contributed by atoms with Crippen molar-refractivity contribution < 1.29 is 14.7 Å². The molecule has 4 nitrogen and oxygen atoms in total. The summed E-state index contributed by atoms with van der Waals surface area (Å²) in [5.74, 6) is -1.83. The second kappa shape index (κ2) is 4.25. The van der Waals surface area contributed by atoms with E-state index >= 15 is 0 Å². The van der Waals surface area contributed by atoms with E-state index in [0.29, 0.717) is 6.42 Å². The monoisotopic (exact) mass is 239 g/mol. The minimum absolute atomic E-state index is 0.0393. The van der Waals surface area contributed by atoms with Crippen molar-refractivity contribution in [2.45, 2.75) is 19.4 Å². The number of aliphatic carboxylic acids is 1. The van der Waals surface area contributed by atoms with Crippen LogP contribution in [0.5, 0.6) is 0 Å². The number of rotatable bonds is 4. The molecule has 0 aromatic carbocycles. The molecule has 2 unspecified atom stereocenters. The second-order valence-corrected chi connectivity index (χ2v) is 5.01. The van der Waals surface area contributed by atoms with Crippen molar-refractivity contribution in [3.63, 3.8) is 0 Å². The first-order valence-corrected chi connectivity index (χ1v) is 6.04. The number of thiophene rings is 1. The molecule has 0 radical (unpaired) electrons. The van der Waals surface area contributed by atoms with Crippen molar-refractivity contribution in [1.29, 1.82) is 0 Å². The number of hydrogen-bond acceptors (Lipinski definition) is 3. The van der Waals surface area contributed by atoms with Crippen LogP contribution in [-0.4, -0.2) is 17.0 Å². The fourth-order valence-corrected chi connectivity index (χ4v) is 2.42. The summed E-state index contributed by atoms with van der Waals surface area (Å²) in [5.41, 5.74) is 0. The molecule has 0 saturated heterocycles. The quantitative estimate of drug-likeness (QED) is 0.839. The molecular weight excluding hydrogens is 226 g/mol. The van der Waals surface area contributed by atoms with Gasteiger partial charge in [-0.2, -0.15) is 0 Å². The zero-order valence-electron chi connectivity index (χ0n) is 8.84. The van der Waals surface area contributed by atoms with E-state index in [1.807, 2.05) is 24.4 Å². The highest BCUT2D eigenvalue weighted by Gasteiger charge is 2.48. The van der Waals surface area contributed by atoms with Crippen molar-refractivity contribution in [2.24, 2.45) is 11.8 Å². The number of nitrogens with one attached hydrogen (secondary N) is 1. The van der Waals surface area contributed by atoms with Crippen LogP contribution in [0.4, 0.5) is 0 Å². The summed E-state index contributed by atoms with van der Waals surface area (Å²) >= 11 is 1.58. The van der Waals surface area contributed by atoms with E-state index in [-0.39, 0.29) is 17.9 Å². The fraction of sp³-hybridized carbons (Fsp3) is 0.455. The maximum Gasteiger partial charge on any atom is 0.307 e. The lowest BCUT2D eigenvalue weighted by atomic mass is 10.2. The highest BCUT2D eigenvalue weighted by Crippen LogP contribution is 2.39. The average molecular weight is 239 g/mol. The average Bonchev–Trinajstić information content (AvgIpc) is 2.85. The van der Waals surface area contributed by atoms with Gasteiger partial charge in [-0.05, 0) is 24.8 Å². The molecule has 1 aromatic heterocycles. The van der Waals surface area contributed by atoms with Gasteiger partial charge in [-0.1, -0.05) is 6.07 Å². The van der Waals surface area contributed by atoms with E-state index in [2.05, 4.69) is 5.32 Å². The van der Waals surface area contributed by atoms with E-state index < -0.39 is 11.9 Å². The molecule has 0 spiro atoms. The lowest BCUT2D eigenvalue weighted by Crippen LogP contribution is -2.28. The molecule has 2 N–H and O–H groups in total. The van der Waals surface area contributed by atoms with Crippen LogP contribution in [0.2, 0.25) is 0 Å². The third-order valence-electron chi connectivity index (χ3n) is 2.77. The molecule has 0 aliphatic heterocycles. The first kappa shape index (κ1) is 11.1. The normalized spacial score (nSPS) is 24.8. The van der Waals surface area contributed by atoms with Crippen LogP contribution in [0.3, 0.4) is 0 Å². The minimum Gasteiger partial charge on any atom is -0.481 e. The number of carbonyl (C=O) groups is 2. The molecule has 86 valence electrons. The highest BCUT2D eigenvalue weighted by molar-refractivity contribution is 7.10. The van der Waals surface area contributed by atoms with Gasteiger partial charge in [-0.15, -0.1) is 11.3 Å². The Morgan fingerprint density at radius 1 is 1.56 bits per heavy atom. The number of carboxylic acid groups (broad SMARTS) is 1. The van der Waals surface area contributed by atoms with E-state index in [1.165, 1.54) is 0 Å². The Bertz CT molecular complexity index is 401. The van der Waals surface area contributed by atoms with Gasteiger partial charge in [0.25, 0.3) is 0 Å². The zero-order chi connectivity index (χ0) is 11.7. The fourth-order valence-electron chi connectivity index (χ4n) is 1.69. The SMILES string of the molecule is C[C@H](NC(=O)C1CC1C(=O)O)c1cccs1. The predicted octanol–water partition coefficient (Wildman–Crippen LogP) is 1.65. The van der Waals surface area contributed by atoms with E-state index in [1.54, 1.807) is 11.3 Å². The van der Waals surface area contributed by atoms with Crippen molar-refractivity contribution in [3.05, 3.63) is 22.4 Å². The maximum absolute atomic E-state index is 11.7. The van der Waals surface area contributed by atoms with Crippen LogP contribution in [0.25, 0.3) is 0 Å². The predicted molar refractivity (Wildman–Crippen MR) is 60.1 cm³/mol. The molecule has 1 saturated carbocycles. The first-order valence-electron chi connectivity index (χ1n) is 5.16. The van der Waals surface area contributed by atoms with Gasteiger partial charge in [-0.25, -0.2) is 0 Å². The summed E-state index contributed by atoms with van der Waals surface area (Å²) in [6.45, 7) is 1.90. The van der Waals surface area contributed by atoms with E-state index in [4.69, 9.17) is 5.11 Å². The Morgan fingerprint density at radius 2 is 2.31 bits per heavy atom. The van der Waals surface area contributed by atoms with Gasteiger partial charge < -0.3 is 10.4 Å². The number of carboxylic acids is 1. The summed E-state index contributed by atoms with van der Waals surface area (Å²) in [6.07, 6.45) is 0.471. The first-order chi connectivity index (χ1) is 7.59. The van der Waals surface area contributed by atoms with Gasteiger partial charge in [-0.3, -0.25) is 9.59 Å². The molecule has 3 atom stereocenters. The molecule has 1 fully saturated rings. The second-order valence-electron chi connectivity index (χ2n) is 4.03. The van der Waals surface area contributed by atoms with Crippen LogP contribution in [0, 0.1) is 11.8 Å². The van der Waals surface area contributed by atoms with Crippen LogP contribution >= 0.6 is 11.3 Å². The van der Waals surface area contributed by atoms with Crippen LogP contribution in [-0.2, 0) is 9.59 Å². The Kier molecular flexibility index (Phi) is 2.96. The summed E-state index contributed by atoms with van der Waals surface area (Å²) < 4.78 is 0. The third-order valence-corrected chi connectivity index (χ3v) is 3.83. The van der Waals surface area contributed by atoms with Crippen LogP contribution < -0.4 is 5.32 Å². The Labute approximate surface area is 97.3 Å². The van der Waals surface area contributed by atoms with Gasteiger partial charge in [0.2, 0.25) is 5.91 Å². The summed E-state index contributed by atoms with van der Waals surface area (Å²) in [5, 5.41) is 13.5. The summed E-state index contributed by atoms with van der Waals surface area (Å²) in [6, 6.07) is 3.85. The molecule has 0 bridgehead atoms. The van der Waals surface area contributed by atoms with Crippen LogP contribution in [0.15, 0.2) is 17.5 Å². The summed E-state index contributed by atoms with van der Waals surface area (Å²) in [4.78, 5) is 23.4. The molecule has 2 rings (SSSR count). The highest BCUT2D eigenvalue weighted by atomic mass is 32.1. The largest absolute Gasteiger partial charge is 0.481 e. The van der Waals surface area contributed by atoms with Gasteiger partial charge in [0.1, 0.15) is 0 Å². The maximum atomic E-state index is 11.7. The topological polar surface area (TPSA) is 66.4 Å². The molecule has 1 aromatic rings. The summed E-state index contributed by atoms with van der Waals surface area (Å²) in [7, 11) is 0. The third kappa shape index (κ3) is 2.24.